The van der Waals surface area contributed by atoms with E-state index in [-0.39, 0.29) is 29.8 Å². The number of amides is 1. The van der Waals surface area contributed by atoms with Crippen LogP contribution in [0.3, 0.4) is 0 Å². The summed E-state index contributed by atoms with van der Waals surface area (Å²) in [6, 6.07) is 9.68. The molecule has 2 aliphatic rings. The second-order valence-electron chi connectivity index (χ2n) is 11.2. The Morgan fingerprint density at radius 2 is 1.76 bits per heavy atom. The molecule has 12 heteroatoms. The summed E-state index contributed by atoms with van der Waals surface area (Å²) in [7, 11) is 3.08. The van der Waals surface area contributed by atoms with Crippen molar-refractivity contribution in [2.45, 2.75) is 52.7 Å². The number of rotatable bonds is 11. The van der Waals surface area contributed by atoms with E-state index in [1.165, 1.54) is 23.0 Å². The third kappa shape index (κ3) is 6.81. The first-order chi connectivity index (χ1) is 22.1. The van der Waals surface area contributed by atoms with Gasteiger partial charge in [-0.1, -0.05) is 17.4 Å². The van der Waals surface area contributed by atoms with Gasteiger partial charge in [-0.2, -0.15) is 0 Å². The Bertz CT molecular complexity index is 1840. The molecule has 2 aromatic carbocycles. The van der Waals surface area contributed by atoms with Crippen LogP contribution >= 0.6 is 11.3 Å². The highest BCUT2D eigenvalue weighted by molar-refractivity contribution is 7.07. The molecule has 3 heterocycles. The number of thiazole rings is 1. The van der Waals surface area contributed by atoms with Gasteiger partial charge in [-0.25, -0.2) is 9.79 Å². The highest BCUT2D eigenvalue weighted by Crippen LogP contribution is 2.38. The number of nitrogens with zero attached hydrogens (tertiary/aromatic N) is 3. The van der Waals surface area contributed by atoms with Gasteiger partial charge in [-0.05, 0) is 82.5 Å². The first-order valence-electron chi connectivity index (χ1n) is 15.3. The average Bonchev–Trinajstić information content (AvgIpc) is 3.68. The van der Waals surface area contributed by atoms with Crippen LogP contribution in [-0.2, 0) is 14.3 Å². The predicted octanol–water partition coefficient (Wildman–Crippen LogP) is 3.60. The predicted molar refractivity (Wildman–Crippen MR) is 173 cm³/mol. The first-order valence-corrected chi connectivity index (χ1v) is 16.1. The molecular formula is C34H39N3O8S. The van der Waals surface area contributed by atoms with Crippen LogP contribution in [0, 0.1) is 0 Å². The van der Waals surface area contributed by atoms with Gasteiger partial charge in [0.15, 0.2) is 22.9 Å². The largest absolute Gasteiger partial charge is 0.497 e. The van der Waals surface area contributed by atoms with E-state index in [4.69, 9.17) is 23.7 Å². The normalized spacial score (nSPS) is 16.3. The van der Waals surface area contributed by atoms with Crippen molar-refractivity contribution in [2.75, 3.05) is 40.5 Å². The van der Waals surface area contributed by atoms with Crippen LogP contribution in [0.25, 0.3) is 6.08 Å². The number of hydrogen-bond acceptors (Lipinski definition) is 10. The number of ether oxygens (including phenoxy) is 5. The molecule has 0 radical (unpaired) electrons. The molecule has 0 saturated carbocycles. The lowest BCUT2D eigenvalue weighted by atomic mass is 9.94. The Hall–Kier alpha value is -4.58. The van der Waals surface area contributed by atoms with Crippen LogP contribution in [-0.4, -0.2) is 68.0 Å². The fourth-order valence-electron chi connectivity index (χ4n) is 5.56. The molecule has 46 heavy (non-hydrogen) atoms. The minimum Gasteiger partial charge on any atom is -0.497 e. The number of carbonyl (C=O) groups is 2. The molecule has 2 aliphatic heterocycles. The van der Waals surface area contributed by atoms with Crippen LogP contribution in [0.4, 0.5) is 0 Å². The van der Waals surface area contributed by atoms with Gasteiger partial charge in [0.25, 0.3) is 11.5 Å². The molecule has 0 spiro atoms. The van der Waals surface area contributed by atoms with E-state index in [2.05, 4.69) is 4.99 Å². The average molecular weight is 650 g/mol. The summed E-state index contributed by atoms with van der Waals surface area (Å²) in [6.07, 6.45) is 3.38. The highest BCUT2D eigenvalue weighted by Gasteiger charge is 2.36. The van der Waals surface area contributed by atoms with Crippen LogP contribution in [0.1, 0.15) is 57.7 Å². The topological polar surface area (TPSA) is 118 Å². The SMILES string of the molecule is CCOc1cc(/C=c2\sc3n(c2=O)[C@@H](c2cc(OC)ccc2OC)C(C(=O)OC(C)C)=C(C)N=3)ccc1OCC(=O)N1CCCC1. The molecule has 244 valence electrons. The van der Waals surface area contributed by atoms with E-state index in [1.807, 2.05) is 6.92 Å². The number of aromatic nitrogens is 1. The van der Waals surface area contributed by atoms with Crippen molar-refractivity contribution < 1.29 is 33.3 Å². The van der Waals surface area contributed by atoms with Gasteiger partial charge in [0.2, 0.25) is 0 Å². The fraction of sp³-hybridized carbons (Fsp3) is 0.412. The van der Waals surface area contributed by atoms with E-state index in [1.54, 1.807) is 75.3 Å². The van der Waals surface area contributed by atoms with Gasteiger partial charge in [-0.3, -0.25) is 14.2 Å². The van der Waals surface area contributed by atoms with Gasteiger partial charge < -0.3 is 28.6 Å². The molecule has 5 rings (SSSR count). The number of allylic oxidation sites excluding steroid dienone is 1. The number of benzene rings is 2. The van der Waals surface area contributed by atoms with E-state index in [0.29, 0.717) is 55.8 Å². The number of esters is 1. The summed E-state index contributed by atoms with van der Waals surface area (Å²) < 4.78 is 30.4. The van der Waals surface area contributed by atoms with Gasteiger partial charge in [0, 0.05) is 18.7 Å². The molecule has 1 atom stereocenters. The highest BCUT2D eigenvalue weighted by atomic mass is 32.1. The molecule has 1 amide bonds. The first kappa shape index (κ1) is 32.8. The molecule has 1 saturated heterocycles. The lowest BCUT2D eigenvalue weighted by molar-refractivity contribution is -0.143. The molecule has 1 fully saturated rings. The second-order valence-corrected chi connectivity index (χ2v) is 12.2. The Balaban J connectivity index is 1.58. The summed E-state index contributed by atoms with van der Waals surface area (Å²) >= 11 is 1.21. The van der Waals surface area contributed by atoms with Crippen molar-refractivity contribution in [2.24, 2.45) is 4.99 Å². The van der Waals surface area contributed by atoms with Crippen molar-refractivity contribution in [1.29, 1.82) is 0 Å². The summed E-state index contributed by atoms with van der Waals surface area (Å²) in [5, 5.41) is 0. The molecule has 0 N–H and O–H groups in total. The standard InChI is InChI=1S/C34H39N3O8S/c1-7-43-27-16-22(10-12-26(27)44-19-29(38)36-14-8-9-15-36)17-28-32(39)37-31(24-18-23(41-5)11-13-25(24)42-6)30(33(40)45-20(2)3)21(4)35-34(37)46-28/h10-13,16-18,20,31H,7-9,14-15,19H2,1-6H3/b28-17-/t31-/m0/s1. The summed E-state index contributed by atoms with van der Waals surface area (Å²) in [5.74, 6) is 1.30. The zero-order valence-electron chi connectivity index (χ0n) is 27.0. The minimum atomic E-state index is -0.877. The Morgan fingerprint density at radius 3 is 2.43 bits per heavy atom. The van der Waals surface area contributed by atoms with Crippen LogP contribution in [0.5, 0.6) is 23.0 Å². The lowest BCUT2D eigenvalue weighted by Gasteiger charge is -2.26. The molecule has 1 aromatic heterocycles. The smallest absolute Gasteiger partial charge is 0.338 e. The third-order valence-electron chi connectivity index (χ3n) is 7.69. The quantitative estimate of drug-likeness (QED) is 0.290. The Labute approximate surface area is 271 Å². The van der Waals surface area contributed by atoms with Crippen molar-refractivity contribution in [1.82, 2.24) is 9.47 Å². The van der Waals surface area contributed by atoms with Crippen LogP contribution in [0.15, 0.2) is 57.5 Å². The Kier molecular flexibility index (Phi) is 10.2. The monoisotopic (exact) mass is 649 g/mol. The zero-order chi connectivity index (χ0) is 33.0. The number of hydrogen-bond donors (Lipinski definition) is 0. The maximum atomic E-state index is 14.2. The maximum absolute atomic E-state index is 14.2. The van der Waals surface area contributed by atoms with E-state index in [9.17, 15) is 14.4 Å². The number of likely N-dealkylation sites (tertiary alicyclic amines) is 1. The van der Waals surface area contributed by atoms with Gasteiger partial charge in [0.1, 0.15) is 17.5 Å². The number of carbonyl (C=O) groups excluding carboxylic acids is 2. The molecule has 0 unspecified atom stereocenters. The lowest BCUT2D eigenvalue weighted by Crippen LogP contribution is -2.40. The summed E-state index contributed by atoms with van der Waals surface area (Å²) in [6.45, 7) is 8.94. The van der Waals surface area contributed by atoms with E-state index >= 15 is 0 Å². The summed E-state index contributed by atoms with van der Waals surface area (Å²) in [4.78, 5) is 47.1. The van der Waals surface area contributed by atoms with Crippen molar-refractivity contribution >= 4 is 29.3 Å². The van der Waals surface area contributed by atoms with Crippen molar-refractivity contribution in [3.05, 3.63) is 78.5 Å². The molecule has 11 nitrogen and oxygen atoms in total. The second kappa shape index (κ2) is 14.2. The fourth-order valence-corrected chi connectivity index (χ4v) is 6.60. The molecule has 3 aromatic rings. The van der Waals surface area contributed by atoms with Gasteiger partial charge in [-0.15, -0.1) is 0 Å². The summed E-state index contributed by atoms with van der Waals surface area (Å²) in [5.41, 5.74) is 1.59. The van der Waals surface area contributed by atoms with E-state index < -0.39 is 12.0 Å². The van der Waals surface area contributed by atoms with Gasteiger partial charge >= 0.3 is 5.97 Å². The number of methoxy groups -OCH3 is 2. The third-order valence-corrected chi connectivity index (χ3v) is 8.67. The van der Waals surface area contributed by atoms with Gasteiger partial charge in [0.05, 0.1) is 42.7 Å². The maximum Gasteiger partial charge on any atom is 0.338 e. The van der Waals surface area contributed by atoms with Crippen LogP contribution in [0.2, 0.25) is 0 Å². The molecular weight excluding hydrogens is 610 g/mol. The minimum absolute atomic E-state index is 0.0562. The van der Waals surface area contributed by atoms with Crippen molar-refractivity contribution in [3.63, 3.8) is 0 Å². The zero-order valence-corrected chi connectivity index (χ0v) is 27.8. The molecule has 0 aliphatic carbocycles. The van der Waals surface area contributed by atoms with E-state index in [0.717, 1.165) is 25.9 Å². The number of fused-ring (bicyclic) bond motifs is 1. The molecule has 0 bridgehead atoms. The Morgan fingerprint density at radius 1 is 1.02 bits per heavy atom. The van der Waals surface area contributed by atoms with Crippen molar-refractivity contribution in [3.8, 4) is 23.0 Å². The van der Waals surface area contributed by atoms with Crippen LogP contribution < -0.4 is 33.8 Å².